The second-order valence-corrected chi connectivity index (χ2v) is 8.51. The van der Waals surface area contributed by atoms with Gasteiger partial charge in [-0.2, -0.15) is 0 Å². The third kappa shape index (κ3) is 4.45. The number of benzene rings is 2. The highest BCUT2D eigenvalue weighted by Crippen LogP contribution is 2.33. The Morgan fingerprint density at radius 2 is 1.79 bits per heavy atom. The summed E-state index contributed by atoms with van der Waals surface area (Å²) in [6.45, 7) is 0. The monoisotopic (exact) mass is 467 g/mol. The molecule has 4 rings (SSSR count). The lowest BCUT2D eigenvalue weighted by molar-refractivity contribution is -0.383. The van der Waals surface area contributed by atoms with Gasteiger partial charge in [0.05, 0.1) is 16.9 Å². The number of carbonyl (C=O) groups is 1. The normalized spacial score (nSPS) is 11.2. The van der Waals surface area contributed by atoms with Crippen molar-refractivity contribution in [1.29, 1.82) is 0 Å². The summed E-state index contributed by atoms with van der Waals surface area (Å²) in [5.41, 5.74) is 0.812. The van der Waals surface area contributed by atoms with Crippen LogP contribution in [0.5, 0.6) is 5.75 Å². The lowest BCUT2D eigenvalue weighted by Gasteiger charge is -2.07. The standard InChI is InChI=1S/C21H17N5O6S/c1-32-14-2-4-15(5-3-14)33(30,31)25-21(27)18-12-16-17(23-13-8-10-22-11-9-13)6-7-19(26(28)29)20(16)24-18/h2-12,24H,1H3,(H,22,23)(H,25,27). The van der Waals surface area contributed by atoms with Crippen LogP contribution >= 0.6 is 0 Å². The van der Waals surface area contributed by atoms with E-state index in [0.29, 0.717) is 22.5 Å². The predicted octanol–water partition coefficient (Wildman–Crippen LogP) is 3.34. The summed E-state index contributed by atoms with van der Waals surface area (Å²) in [6.07, 6.45) is 3.15. The molecule has 0 saturated carbocycles. The van der Waals surface area contributed by atoms with Gasteiger partial charge in [-0.25, -0.2) is 13.1 Å². The van der Waals surface area contributed by atoms with Gasteiger partial charge >= 0.3 is 0 Å². The largest absolute Gasteiger partial charge is 0.497 e. The molecule has 2 aromatic carbocycles. The average molecular weight is 467 g/mol. The van der Waals surface area contributed by atoms with Gasteiger partial charge in [-0.05, 0) is 48.5 Å². The maximum Gasteiger partial charge on any atom is 0.293 e. The number of ether oxygens (including phenoxy) is 1. The second-order valence-electron chi connectivity index (χ2n) is 6.83. The van der Waals surface area contributed by atoms with Crippen molar-refractivity contribution in [2.75, 3.05) is 12.4 Å². The lowest BCUT2D eigenvalue weighted by Crippen LogP contribution is -2.30. The molecule has 33 heavy (non-hydrogen) atoms. The molecule has 0 fully saturated rings. The molecule has 0 radical (unpaired) electrons. The Labute approximate surface area is 187 Å². The van der Waals surface area contributed by atoms with Crippen molar-refractivity contribution in [1.82, 2.24) is 14.7 Å². The predicted molar refractivity (Wildman–Crippen MR) is 120 cm³/mol. The van der Waals surface area contributed by atoms with Crippen molar-refractivity contribution in [3.05, 3.63) is 82.8 Å². The van der Waals surface area contributed by atoms with Gasteiger partial charge in [0.25, 0.3) is 21.6 Å². The van der Waals surface area contributed by atoms with Crippen LogP contribution in [-0.4, -0.2) is 36.3 Å². The zero-order chi connectivity index (χ0) is 23.6. The highest BCUT2D eigenvalue weighted by Gasteiger charge is 2.23. The zero-order valence-electron chi connectivity index (χ0n) is 17.1. The minimum Gasteiger partial charge on any atom is -0.497 e. The van der Waals surface area contributed by atoms with Gasteiger partial charge in [-0.1, -0.05) is 0 Å². The Hall–Kier alpha value is -4.45. The number of hydrogen-bond acceptors (Lipinski definition) is 8. The van der Waals surface area contributed by atoms with Crippen LogP contribution in [-0.2, 0) is 10.0 Å². The van der Waals surface area contributed by atoms with E-state index in [1.165, 1.54) is 49.6 Å². The number of fused-ring (bicyclic) bond motifs is 1. The number of aromatic nitrogens is 2. The van der Waals surface area contributed by atoms with E-state index in [1.807, 2.05) is 4.72 Å². The van der Waals surface area contributed by atoms with E-state index < -0.39 is 20.9 Å². The molecule has 0 bridgehead atoms. The number of rotatable bonds is 7. The summed E-state index contributed by atoms with van der Waals surface area (Å²) in [5.74, 6) is -0.511. The molecular formula is C21H17N5O6S. The van der Waals surface area contributed by atoms with E-state index in [0.717, 1.165) is 0 Å². The summed E-state index contributed by atoms with van der Waals surface area (Å²) in [7, 11) is -2.74. The number of H-pyrrole nitrogens is 1. The topological polar surface area (TPSA) is 156 Å². The molecule has 4 aromatic rings. The fourth-order valence-electron chi connectivity index (χ4n) is 3.17. The van der Waals surface area contributed by atoms with E-state index in [2.05, 4.69) is 15.3 Å². The van der Waals surface area contributed by atoms with Gasteiger partial charge in [0, 0.05) is 35.2 Å². The number of aromatic amines is 1. The molecule has 0 unspecified atom stereocenters. The fraction of sp³-hybridized carbons (Fsp3) is 0.0476. The first-order valence-electron chi connectivity index (χ1n) is 9.47. The summed E-state index contributed by atoms with van der Waals surface area (Å²) < 4.78 is 32.2. The number of carbonyl (C=O) groups excluding carboxylic acids is 1. The highest BCUT2D eigenvalue weighted by molar-refractivity contribution is 7.90. The van der Waals surface area contributed by atoms with Crippen LogP contribution in [0.25, 0.3) is 10.9 Å². The molecule has 12 heteroatoms. The number of nitrogens with zero attached hydrogens (tertiary/aromatic N) is 2. The molecule has 0 atom stereocenters. The van der Waals surface area contributed by atoms with Gasteiger partial charge in [-0.15, -0.1) is 0 Å². The number of nitro groups is 1. The smallest absolute Gasteiger partial charge is 0.293 e. The molecule has 3 N–H and O–H groups in total. The average Bonchev–Trinajstić information content (AvgIpc) is 3.26. The summed E-state index contributed by atoms with van der Waals surface area (Å²) in [5, 5.41) is 14.9. The molecule has 0 saturated heterocycles. The minimum atomic E-state index is -4.19. The van der Waals surface area contributed by atoms with Crippen molar-refractivity contribution < 1.29 is 22.9 Å². The van der Waals surface area contributed by atoms with Gasteiger partial charge < -0.3 is 15.0 Å². The van der Waals surface area contributed by atoms with Gasteiger partial charge in [0.15, 0.2) is 0 Å². The number of sulfonamides is 1. The Bertz CT molecular complexity index is 1450. The van der Waals surface area contributed by atoms with Crippen LogP contribution in [0.15, 0.2) is 71.9 Å². The molecule has 168 valence electrons. The van der Waals surface area contributed by atoms with Crippen molar-refractivity contribution in [2.45, 2.75) is 4.90 Å². The first-order chi connectivity index (χ1) is 15.8. The van der Waals surface area contributed by atoms with Crippen LogP contribution in [0.2, 0.25) is 0 Å². The molecule has 1 amide bonds. The van der Waals surface area contributed by atoms with Crippen LogP contribution in [0.1, 0.15) is 10.5 Å². The number of nitrogens with one attached hydrogen (secondary N) is 3. The number of anilines is 2. The maximum atomic E-state index is 12.7. The molecule has 0 spiro atoms. The summed E-state index contributed by atoms with van der Waals surface area (Å²) in [4.78, 5) is 30.1. The molecule has 2 heterocycles. The Kier molecular flexibility index (Phi) is 5.67. The van der Waals surface area contributed by atoms with E-state index in [4.69, 9.17) is 4.74 Å². The fourth-order valence-corrected chi connectivity index (χ4v) is 4.14. The summed E-state index contributed by atoms with van der Waals surface area (Å²) in [6, 6.07) is 13.0. The quantitative estimate of drug-likeness (QED) is 0.276. The lowest BCUT2D eigenvalue weighted by atomic mass is 10.1. The van der Waals surface area contributed by atoms with Gasteiger partial charge in [0.1, 0.15) is 17.0 Å². The maximum absolute atomic E-state index is 12.7. The molecule has 11 nitrogen and oxygen atoms in total. The number of amides is 1. The number of pyridine rings is 1. The minimum absolute atomic E-state index is 0.0750. The van der Waals surface area contributed by atoms with Crippen molar-refractivity contribution in [3.8, 4) is 5.75 Å². The highest BCUT2D eigenvalue weighted by atomic mass is 32.2. The van der Waals surface area contributed by atoms with E-state index in [-0.39, 0.29) is 21.8 Å². The SMILES string of the molecule is COc1ccc(S(=O)(=O)NC(=O)c2cc3c(Nc4ccncc4)ccc([N+](=O)[O-])c3[nH]2)cc1. The van der Waals surface area contributed by atoms with Crippen molar-refractivity contribution in [2.24, 2.45) is 0 Å². The number of methoxy groups -OCH3 is 1. The molecule has 2 aromatic heterocycles. The third-order valence-corrected chi connectivity index (χ3v) is 6.12. The van der Waals surface area contributed by atoms with Crippen LogP contribution in [0, 0.1) is 10.1 Å². The van der Waals surface area contributed by atoms with Crippen molar-refractivity contribution in [3.63, 3.8) is 0 Å². The van der Waals surface area contributed by atoms with Crippen LogP contribution in [0.3, 0.4) is 0 Å². The molecular weight excluding hydrogens is 450 g/mol. The number of nitro benzene ring substituents is 1. The Morgan fingerprint density at radius 1 is 1.09 bits per heavy atom. The molecule has 0 aliphatic rings. The number of non-ortho nitro benzene ring substituents is 1. The van der Waals surface area contributed by atoms with Crippen LogP contribution < -0.4 is 14.8 Å². The van der Waals surface area contributed by atoms with E-state index in [9.17, 15) is 23.3 Å². The first-order valence-corrected chi connectivity index (χ1v) is 10.9. The summed E-state index contributed by atoms with van der Waals surface area (Å²) >= 11 is 0. The third-order valence-electron chi connectivity index (χ3n) is 4.77. The first kappa shape index (κ1) is 21.8. The molecule has 0 aliphatic carbocycles. The zero-order valence-corrected chi connectivity index (χ0v) is 17.9. The molecule has 0 aliphatic heterocycles. The van der Waals surface area contributed by atoms with Gasteiger partial charge in [0.2, 0.25) is 0 Å². The number of hydrogen-bond donors (Lipinski definition) is 3. The Morgan fingerprint density at radius 3 is 2.42 bits per heavy atom. The van der Waals surface area contributed by atoms with Gasteiger partial charge in [-0.3, -0.25) is 19.9 Å². The second kappa shape index (κ2) is 8.59. The van der Waals surface area contributed by atoms with E-state index >= 15 is 0 Å². The van der Waals surface area contributed by atoms with Crippen molar-refractivity contribution >= 4 is 43.9 Å². The Balaban J connectivity index is 1.69. The van der Waals surface area contributed by atoms with E-state index in [1.54, 1.807) is 24.5 Å². The van der Waals surface area contributed by atoms with Crippen LogP contribution in [0.4, 0.5) is 17.1 Å².